The number of nitrogens with one attached hydrogen (secondary N) is 1. The number of hydrogen-bond acceptors (Lipinski definition) is 5. The zero-order chi connectivity index (χ0) is 24.5. The third kappa shape index (κ3) is 5.14. The molecular formula is C26H29FN4O3. The van der Waals surface area contributed by atoms with Crippen LogP contribution in [0.4, 0.5) is 14.9 Å². The molecule has 2 aliphatic rings. The van der Waals surface area contributed by atoms with Gasteiger partial charge in [-0.2, -0.15) is 5.26 Å². The van der Waals surface area contributed by atoms with Crippen LogP contribution < -0.4 is 10.2 Å². The van der Waals surface area contributed by atoms with Gasteiger partial charge in [-0.3, -0.25) is 9.69 Å². The number of carbonyl (C=O) groups is 2. The summed E-state index contributed by atoms with van der Waals surface area (Å²) in [5, 5.41) is 12.8. The molecule has 0 radical (unpaired) electrons. The molecule has 2 saturated heterocycles. The van der Waals surface area contributed by atoms with E-state index in [1.807, 2.05) is 18.2 Å². The van der Waals surface area contributed by atoms with Crippen LogP contribution in [-0.4, -0.2) is 54.2 Å². The zero-order valence-electron chi connectivity index (χ0n) is 19.7. The molecule has 0 unspecified atom stereocenters. The van der Waals surface area contributed by atoms with Gasteiger partial charge >= 0.3 is 6.09 Å². The number of likely N-dealkylation sites (tertiary alicyclic amines) is 1. The molecule has 1 N–H and O–H groups in total. The summed E-state index contributed by atoms with van der Waals surface area (Å²) in [5.74, 6) is -0.474. The molecule has 2 aromatic carbocycles. The van der Waals surface area contributed by atoms with Gasteiger partial charge < -0.3 is 15.0 Å². The molecule has 0 saturated carbocycles. The summed E-state index contributed by atoms with van der Waals surface area (Å²) in [6.45, 7) is 7.19. The Labute approximate surface area is 199 Å². The van der Waals surface area contributed by atoms with Crippen LogP contribution in [0.3, 0.4) is 0 Å². The molecule has 0 spiro atoms. The fraction of sp³-hybridized carbons (Fsp3) is 0.423. The molecule has 0 bridgehead atoms. The number of amides is 2. The van der Waals surface area contributed by atoms with Gasteiger partial charge in [-0.15, -0.1) is 0 Å². The van der Waals surface area contributed by atoms with E-state index in [2.05, 4.69) is 16.3 Å². The topological polar surface area (TPSA) is 85.7 Å². The minimum atomic E-state index is -0.607. The van der Waals surface area contributed by atoms with Crippen molar-refractivity contribution in [3.05, 3.63) is 53.8 Å². The summed E-state index contributed by atoms with van der Waals surface area (Å²) < 4.78 is 18.6. The number of benzene rings is 2. The first kappa shape index (κ1) is 23.6. The number of rotatable bonds is 4. The van der Waals surface area contributed by atoms with Crippen molar-refractivity contribution in [3.8, 4) is 17.2 Å². The lowest BCUT2D eigenvalue weighted by Gasteiger charge is -2.40. The Hall–Kier alpha value is -3.60. The Bertz CT molecular complexity index is 1120. The third-order valence-corrected chi connectivity index (χ3v) is 6.12. The van der Waals surface area contributed by atoms with Crippen LogP contribution >= 0.6 is 0 Å². The summed E-state index contributed by atoms with van der Waals surface area (Å²) in [5.41, 5.74) is 2.42. The van der Waals surface area contributed by atoms with Gasteiger partial charge in [-0.1, -0.05) is 18.2 Å². The van der Waals surface area contributed by atoms with Gasteiger partial charge in [0.1, 0.15) is 23.5 Å². The predicted octanol–water partition coefficient (Wildman–Crippen LogP) is 4.07. The van der Waals surface area contributed by atoms with Crippen LogP contribution in [0.5, 0.6) is 0 Å². The molecule has 7 nitrogen and oxygen atoms in total. The van der Waals surface area contributed by atoms with E-state index >= 15 is 0 Å². The van der Waals surface area contributed by atoms with E-state index < -0.39 is 17.7 Å². The number of nitriles is 1. The second kappa shape index (κ2) is 9.34. The van der Waals surface area contributed by atoms with Crippen molar-refractivity contribution in [2.24, 2.45) is 0 Å². The summed E-state index contributed by atoms with van der Waals surface area (Å²) in [6.07, 6.45) is 0.896. The van der Waals surface area contributed by atoms with Crippen molar-refractivity contribution in [2.75, 3.05) is 24.5 Å². The first-order valence-corrected chi connectivity index (χ1v) is 11.5. The standard InChI is InChI=1S/C26H29FN4O3/c1-26(2,3)34-25(33)31-13-11-23(31)24(32)29-21-10-12-30(16-21)22-9-6-18(14-19(22)15-28)17-4-7-20(27)8-5-17/h4-9,14,21,23H,10-13,16H2,1-3H3,(H,29,32)/t21-,23-/m0/s1. The molecule has 2 atom stereocenters. The van der Waals surface area contributed by atoms with E-state index in [0.29, 0.717) is 31.6 Å². The number of nitrogens with zero attached hydrogens (tertiary/aromatic N) is 3. The van der Waals surface area contributed by atoms with E-state index in [1.165, 1.54) is 17.0 Å². The highest BCUT2D eigenvalue weighted by Gasteiger charge is 2.41. The minimum Gasteiger partial charge on any atom is -0.444 e. The van der Waals surface area contributed by atoms with Gasteiger partial charge in [0, 0.05) is 25.7 Å². The molecule has 178 valence electrons. The normalized spacial score (nSPS) is 19.9. The lowest BCUT2D eigenvalue weighted by atomic mass is 10.0. The van der Waals surface area contributed by atoms with Crippen LogP contribution in [0.25, 0.3) is 11.1 Å². The predicted molar refractivity (Wildman–Crippen MR) is 127 cm³/mol. The van der Waals surface area contributed by atoms with Gasteiger partial charge in [0.15, 0.2) is 0 Å². The molecule has 4 rings (SSSR count). The number of halogens is 1. The second-order valence-corrected chi connectivity index (χ2v) is 9.77. The molecule has 2 amide bonds. The molecule has 8 heteroatoms. The fourth-order valence-electron chi connectivity index (χ4n) is 4.32. The first-order chi connectivity index (χ1) is 16.1. The van der Waals surface area contributed by atoms with E-state index in [0.717, 1.165) is 23.2 Å². The van der Waals surface area contributed by atoms with Gasteiger partial charge in [-0.25, -0.2) is 9.18 Å². The van der Waals surface area contributed by atoms with Gasteiger partial charge in [0.05, 0.1) is 11.3 Å². The molecular weight excluding hydrogens is 435 g/mol. The van der Waals surface area contributed by atoms with E-state index in [9.17, 15) is 19.2 Å². The highest BCUT2D eigenvalue weighted by Crippen LogP contribution is 2.30. The molecule has 34 heavy (non-hydrogen) atoms. The van der Waals surface area contributed by atoms with Gasteiger partial charge in [0.25, 0.3) is 0 Å². The van der Waals surface area contributed by atoms with Crippen molar-refractivity contribution in [1.29, 1.82) is 5.26 Å². The van der Waals surface area contributed by atoms with Crippen molar-refractivity contribution < 1.29 is 18.7 Å². The largest absolute Gasteiger partial charge is 0.444 e. The number of anilines is 1. The van der Waals surface area contributed by atoms with Crippen molar-refractivity contribution in [1.82, 2.24) is 10.2 Å². The molecule has 0 aliphatic carbocycles. The molecule has 0 aromatic heterocycles. The monoisotopic (exact) mass is 464 g/mol. The molecule has 2 aliphatic heterocycles. The van der Waals surface area contributed by atoms with Crippen LogP contribution in [-0.2, 0) is 9.53 Å². The maximum absolute atomic E-state index is 13.2. The third-order valence-electron chi connectivity index (χ3n) is 6.12. The Morgan fingerprint density at radius 3 is 2.41 bits per heavy atom. The average Bonchev–Trinajstić information content (AvgIpc) is 3.19. The zero-order valence-corrected chi connectivity index (χ0v) is 19.7. The highest BCUT2D eigenvalue weighted by molar-refractivity contribution is 5.87. The van der Waals surface area contributed by atoms with Crippen molar-refractivity contribution in [3.63, 3.8) is 0 Å². The maximum atomic E-state index is 13.2. The first-order valence-electron chi connectivity index (χ1n) is 11.5. The number of ether oxygens (including phenoxy) is 1. The summed E-state index contributed by atoms with van der Waals surface area (Å²) in [4.78, 5) is 28.7. The molecule has 2 aromatic rings. The lowest BCUT2D eigenvalue weighted by Crippen LogP contribution is -2.60. The highest BCUT2D eigenvalue weighted by atomic mass is 19.1. The van der Waals surface area contributed by atoms with Crippen LogP contribution in [0, 0.1) is 17.1 Å². The summed E-state index contributed by atoms with van der Waals surface area (Å²) in [6, 6.07) is 13.5. The Balaban J connectivity index is 1.38. The quantitative estimate of drug-likeness (QED) is 0.737. The second-order valence-electron chi connectivity index (χ2n) is 9.77. The van der Waals surface area contributed by atoms with E-state index in [4.69, 9.17) is 4.74 Å². The number of carbonyl (C=O) groups excluding carboxylic acids is 2. The minimum absolute atomic E-state index is 0.0723. The van der Waals surface area contributed by atoms with Crippen molar-refractivity contribution >= 4 is 17.7 Å². The van der Waals surface area contributed by atoms with Crippen LogP contribution in [0.15, 0.2) is 42.5 Å². The van der Waals surface area contributed by atoms with Crippen LogP contribution in [0.1, 0.15) is 39.2 Å². The Kier molecular flexibility index (Phi) is 6.47. The van der Waals surface area contributed by atoms with Gasteiger partial charge in [0.2, 0.25) is 5.91 Å². The SMILES string of the molecule is CC(C)(C)OC(=O)N1CC[C@H]1C(=O)N[C@H]1CCN(c2ccc(-c3ccc(F)cc3)cc2C#N)C1. The molecule has 2 fully saturated rings. The maximum Gasteiger partial charge on any atom is 0.410 e. The number of hydrogen-bond donors (Lipinski definition) is 1. The van der Waals surface area contributed by atoms with Crippen molar-refractivity contribution in [2.45, 2.75) is 51.3 Å². The lowest BCUT2D eigenvalue weighted by molar-refractivity contribution is -0.131. The Morgan fingerprint density at radius 1 is 1.09 bits per heavy atom. The van der Waals surface area contributed by atoms with E-state index in [-0.39, 0.29) is 17.8 Å². The smallest absolute Gasteiger partial charge is 0.410 e. The Morgan fingerprint density at radius 2 is 1.79 bits per heavy atom. The summed E-state index contributed by atoms with van der Waals surface area (Å²) in [7, 11) is 0. The van der Waals surface area contributed by atoms with E-state index in [1.54, 1.807) is 32.9 Å². The molecule has 2 heterocycles. The fourth-order valence-corrected chi connectivity index (χ4v) is 4.32. The van der Waals surface area contributed by atoms with Gasteiger partial charge in [-0.05, 0) is 69.0 Å². The van der Waals surface area contributed by atoms with Crippen LogP contribution in [0.2, 0.25) is 0 Å². The summed E-state index contributed by atoms with van der Waals surface area (Å²) >= 11 is 0. The average molecular weight is 465 g/mol.